The molecular formula is C16H15ClN2. The van der Waals surface area contributed by atoms with Gasteiger partial charge in [0.1, 0.15) is 0 Å². The van der Waals surface area contributed by atoms with Gasteiger partial charge in [0.15, 0.2) is 0 Å². The Morgan fingerprint density at radius 2 is 2.05 bits per heavy atom. The van der Waals surface area contributed by atoms with E-state index in [0.717, 1.165) is 22.8 Å². The van der Waals surface area contributed by atoms with Crippen LogP contribution in [-0.4, -0.2) is 4.98 Å². The van der Waals surface area contributed by atoms with Crippen molar-refractivity contribution in [2.24, 2.45) is 0 Å². The standard InChI is InChI=1S/C16H15ClN2/c1-11-5-6-13(9-15(11)17)19-10-12-3-2-4-16-14(12)7-8-18-16/h2-9,18-19H,10H2,1H3. The summed E-state index contributed by atoms with van der Waals surface area (Å²) in [5.41, 5.74) is 4.58. The van der Waals surface area contributed by atoms with E-state index in [1.54, 1.807) is 0 Å². The van der Waals surface area contributed by atoms with Crippen LogP contribution in [0.15, 0.2) is 48.7 Å². The van der Waals surface area contributed by atoms with Crippen LogP contribution in [0.5, 0.6) is 0 Å². The molecule has 0 aliphatic heterocycles. The van der Waals surface area contributed by atoms with E-state index in [1.807, 2.05) is 25.3 Å². The van der Waals surface area contributed by atoms with E-state index in [0.29, 0.717) is 0 Å². The van der Waals surface area contributed by atoms with Crippen molar-refractivity contribution in [3.8, 4) is 0 Å². The summed E-state index contributed by atoms with van der Waals surface area (Å²) in [5, 5.41) is 5.47. The number of H-pyrrole nitrogens is 1. The fraction of sp³-hybridized carbons (Fsp3) is 0.125. The van der Waals surface area contributed by atoms with Gasteiger partial charge in [-0.1, -0.05) is 29.8 Å². The Labute approximate surface area is 117 Å². The summed E-state index contributed by atoms with van der Waals surface area (Å²) in [5.74, 6) is 0. The Morgan fingerprint density at radius 1 is 1.16 bits per heavy atom. The SMILES string of the molecule is Cc1ccc(NCc2cccc3[nH]ccc23)cc1Cl. The predicted molar refractivity (Wildman–Crippen MR) is 81.8 cm³/mol. The summed E-state index contributed by atoms with van der Waals surface area (Å²) in [4.78, 5) is 3.23. The molecule has 0 bridgehead atoms. The van der Waals surface area contributed by atoms with Crippen molar-refractivity contribution in [2.75, 3.05) is 5.32 Å². The van der Waals surface area contributed by atoms with Crippen molar-refractivity contribution < 1.29 is 0 Å². The predicted octanol–water partition coefficient (Wildman–Crippen LogP) is 4.74. The number of fused-ring (bicyclic) bond motifs is 1. The van der Waals surface area contributed by atoms with Gasteiger partial charge in [-0.05, 0) is 42.3 Å². The van der Waals surface area contributed by atoms with E-state index in [4.69, 9.17) is 11.6 Å². The Bertz CT molecular complexity index is 716. The van der Waals surface area contributed by atoms with Gasteiger partial charge in [-0.2, -0.15) is 0 Å². The van der Waals surface area contributed by atoms with E-state index < -0.39 is 0 Å². The first-order valence-corrected chi connectivity index (χ1v) is 6.67. The number of benzene rings is 2. The molecule has 0 saturated heterocycles. The smallest absolute Gasteiger partial charge is 0.0457 e. The molecule has 3 heteroatoms. The molecule has 3 rings (SSSR count). The summed E-state index contributed by atoms with van der Waals surface area (Å²) >= 11 is 6.13. The van der Waals surface area contributed by atoms with Crippen molar-refractivity contribution in [1.82, 2.24) is 4.98 Å². The number of halogens is 1. The van der Waals surface area contributed by atoms with E-state index in [2.05, 4.69) is 40.6 Å². The molecule has 0 unspecified atom stereocenters. The normalized spacial score (nSPS) is 10.8. The molecule has 0 aliphatic rings. The lowest BCUT2D eigenvalue weighted by atomic mass is 10.1. The number of aryl methyl sites for hydroxylation is 1. The van der Waals surface area contributed by atoms with Crippen LogP contribution in [0.4, 0.5) is 5.69 Å². The molecule has 2 aromatic carbocycles. The van der Waals surface area contributed by atoms with Gasteiger partial charge in [-0.25, -0.2) is 0 Å². The Hall–Kier alpha value is -1.93. The van der Waals surface area contributed by atoms with Crippen LogP contribution in [-0.2, 0) is 6.54 Å². The number of anilines is 1. The van der Waals surface area contributed by atoms with E-state index in [1.165, 1.54) is 16.5 Å². The van der Waals surface area contributed by atoms with Gasteiger partial charge in [0.25, 0.3) is 0 Å². The Morgan fingerprint density at radius 3 is 2.89 bits per heavy atom. The molecule has 0 aliphatic carbocycles. The highest BCUT2D eigenvalue weighted by Gasteiger charge is 2.02. The maximum atomic E-state index is 6.13. The summed E-state index contributed by atoms with van der Waals surface area (Å²) in [6.45, 7) is 2.79. The molecule has 0 radical (unpaired) electrons. The maximum Gasteiger partial charge on any atom is 0.0457 e. The summed E-state index contributed by atoms with van der Waals surface area (Å²) < 4.78 is 0. The molecule has 0 saturated carbocycles. The summed E-state index contributed by atoms with van der Waals surface area (Å²) in [7, 11) is 0. The zero-order valence-electron chi connectivity index (χ0n) is 10.7. The highest BCUT2D eigenvalue weighted by molar-refractivity contribution is 6.31. The highest BCUT2D eigenvalue weighted by atomic mass is 35.5. The summed E-state index contributed by atoms with van der Waals surface area (Å²) in [6.07, 6.45) is 1.97. The number of rotatable bonds is 3. The maximum absolute atomic E-state index is 6.13. The minimum atomic E-state index is 0.786. The average molecular weight is 271 g/mol. The van der Waals surface area contributed by atoms with Crippen molar-refractivity contribution in [3.63, 3.8) is 0 Å². The molecule has 1 heterocycles. The van der Waals surface area contributed by atoms with Gasteiger partial charge < -0.3 is 10.3 Å². The van der Waals surface area contributed by atoms with Gasteiger partial charge in [0, 0.05) is 34.4 Å². The minimum Gasteiger partial charge on any atom is -0.381 e. The highest BCUT2D eigenvalue weighted by Crippen LogP contribution is 2.22. The van der Waals surface area contributed by atoms with Crippen LogP contribution < -0.4 is 5.32 Å². The fourth-order valence-corrected chi connectivity index (χ4v) is 2.39. The zero-order chi connectivity index (χ0) is 13.2. The molecule has 3 aromatic rings. The average Bonchev–Trinajstić information content (AvgIpc) is 2.89. The zero-order valence-corrected chi connectivity index (χ0v) is 11.5. The van der Waals surface area contributed by atoms with Crippen molar-refractivity contribution in [3.05, 3.63) is 64.8 Å². The quantitative estimate of drug-likeness (QED) is 0.707. The lowest BCUT2D eigenvalue weighted by Gasteiger charge is -2.09. The van der Waals surface area contributed by atoms with E-state index in [-0.39, 0.29) is 0 Å². The van der Waals surface area contributed by atoms with Crippen LogP contribution in [0.3, 0.4) is 0 Å². The lowest BCUT2D eigenvalue weighted by molar-refractivity contribution is 1.17. The third kappa shape index (κ3) is 2.45. The van der Waals surface area contributed by atoms with Crippen LogP contribution in [0.2, 0.25) is 5.02 Å². The third-order valence-corrected chi connectivity index (χ3v) is 3.75. The van der Waals surface area contributed by atoms with Gasteiger partial charge in [-0.3, -0.25) is 0 Å². The first-order chi connectivity index (χ1) is 9.24. The molecule has 0 amide bonds. The largest absolute Gasteiger partial charge is 0.381 e. The van der Waals surface area contributed by atoms with Crippen LogP contribution in [0, 0.1) is 6.92 Å². The first-order valence-electron chi connectivity index (χ1n) is 6.29. The molecular weight excluding hydrogens is 256 g/mol. The molecule has 0 fully saturated rings. The number of nitrogens with one attached hydrogen (secondary N) is 2. The summed E-state index contributed by atoms with van der Waals surface area (Å²) in [6, 6.07) is 14.4. The van der Waals surface area contributed by atoms with Crippen molar-refractivity contribution in [2.45, 2.75) is 13.5 Å². The molecule has 19 heavy (non-hydrogen) atoms. The molecule has 0 atom stereocenters. The second-order valence-corrected chi connectivity index (χ2v) is 5.08. The Balaban J connectivity index is 1.82. The molecule has 0 spiro atoms. The van der Waals surface area contributed by atoms with E-state index >= 15 is 0 Å². The van der Waals surface area contributed by atoms with Crippen molar-refractivity contribution in [1.29, 1.82) is 0 Å². The van der Waals surface area contributed by atoms with Crippen LogP contribution >= 0.6 is 11.6 Å². The second-order valence-electron chi connectivity index (χ2n) is 4.67. The topological polar surface area (TPSA) is 27.8 Å². The third-order valence-electron chi connectivity index (χ3n) is 3.34. The monoisotopic (exact) mass is 270 g/mol. The van der Waals surface area contributed by atoms with Crippen LogP contribution in [0.25, 0.3) is 10.9 Å². The van der Waals surface area contributed by atoms with Gasteiger partial charge in [0.05, 0.1) is 0 Å². The first kappa shape index (κ1) is 12.1. The van der Waals surface area contributed by atoms with Gasteiger partial charge >= 0.3 is 0 Å². The number of aromatic amines is 1. The van der Waals surface area contributed by atoms with Crippen molar-refractivity contribution >= 4 is 28.2 Å². The number of aromatic nitrogens is 1. The molecule has 2 N–H and O–H groups in total. The minimum absolute atomic E-state index is 0.786. The Kier molecular flexibility index (Phi) is 3.18. The van der Waals surface area contributed by atoms with E-state index in [9.17, 15) is 0 Å². The molecule has 1 aromatic heterocycles. The molecule has 96 valence electrons. The lowest BCUT2D eigenvalue weighted by Crippen LogP contribution is -1.99. The van der Waals surface area contributed by atoms with Crippen LogP contribution in [0.1, 0.15) is 11.1 Å². The number of hydrogen-bond acceptors (Lipinski definition) is 1. The number of hydrogen-bond donors (Lipinski definition) is 2. The van der Waals surface area contributed by atoms with Gasteiger partial charge in [-0.15, -0.1) is 0 Å². The van der Waals surface area contributed by atoms with Gasteiger partial charge in [0.2, 0.25) is 0 Å². The molecule has 2 nitrogen and oxygen atoms in total. The fourth-order valence-electron chi connectivity index (χ4n) is 2.20. The second kappa shape index (κ2) is 4.98.